The van der Waals surface area contributed by atoms with Crippen molar-refractivity contribution in [3.05, 3.63) is 23.2 Å². The molecule has 10 heavy (non-hydrogen) atoms. The van der Waals surface area contributed by atoms with Gasteiger partial charge in [0.05, 0.1) is 6.61 Å². The Kier molecular flexibility index (Phi) is 6.18. The van der Waals surface area contributed by atoms with E-state index in [1.807, 2.05) is 0 Å². The van der Waals surface area contributed by atoms with Crippen molar-refractivity contribution in [2.45, 2.75) is 6.92 Å². The van der Waals surface area contributed by atoms with Crippen LogP contribution in [0.15, 0.2) is 23.2 Å². The van der Waals surface area contributed by atoms with Crippen molar-refractivity contribution < 1.29 is 9.53 Å². The molecule has 0 fully saturated rings. The highest BCUT2D eigenvalue weighted by molar-refractivity contribution is 9.11. The molecule has 2 nitrogen and oxygen atoms in total. The average molecular weight is 205 g/mol. The minimum Gasteiger partial charge on any atom is -0.463 e. The summed E-state index contributed by atoms with van der Waals surface area (Å²) in [6, 6.07) is 0. The van der Waals surface area contributed by atoms with Crippen LogP contribution in [-0.4, -0.2) is 12.6 Å². The number of rotatable bonds is 3. The van der Waals surface area contributed by atoms with E-state index in [4.69, 9.17) is 0 Å². The molecule has 0 N–H and O–H groups in total. The predicted molar refractivity (Wildman–Crippen MR) is 43.8 cm³/mol. The molecular formula is C7H9BrO2. The van der Waals surface area contributed by atoms with Crippen LogP contribution >= 0.6 is 15.9 Å². The quantitative estimate of drug-likeness (QED) is 0.400. The maximum absolute atomic E-state index is 10.6. The zero-order valence-corrected chi connectivity index (χ0v) is 7.30. The van der Waals surface area contributed by atoms with E-state index in [0.29, 0.717) is 6.61 Å². The highest BCUT2D eigenvalue weighted by Gasteiger charge is 1.89. The Balaban J connectivity index is 3.56. The zero-order valence-electron chi connectivity index (χ0n) is 5.71. The number of ether oxygens (including phenoxy) is 1. The Morgan fingerprint density at radius 3 is 2.80 bits per heavy atom. The number of allylic oxidation sites excluding steroid dienone is 2. The van der Waals surface area contributed by atoms with E-state index < -0.39 is 0 Å². The molecule has 0 amide bonds. The van der Waals surface area contributed by atoms with Gasteiger partial charge in [-0.05, 0) is 11.9 Å². The van der Waals surface area contributed by atoms with Gasteiger partial charge in [0, 0.05) is 6.08 Å². The molecule has 56 valence electrons. The first-order chi connectivity index (χ1) is 4.81. The number of carbonyl (C=O) groups excluding carboxylic acids is 1. The Hall–Kier alpha value is -0.570. The molecule has 0 atom stereocenters. The van der Waals surface area contributed by atoms with E-state index in [2.05, 4.69) is 20.7 Å². The molecule has 0 spiro atoms. The summed E-state index contributed by atoms with van der Waals surface area (Å²) in [4.78, 5) is 12.2. The topological polar surface area (TPSA) is 26.3 Å². The Labute approximate surface area is 68.7 Å². The summed E-state index contributed by atoms with van der Waals surface area (Å²) in [5, 5.41) is 0. The van der Waals surface area contributed by atoms with E-state index in [9.17, 15) is 4.79 Å². The predicted octanol–water partition coefficient (Wildman–Crippen LogP) is 2.01. The average Bonchev–Trinajstić information content (AvgIpc) is 1.89. The molecule has 0 unspecified atom stereocenters. The van der Waals surface area contributed by atoms with Crippen molar-refractivity contribution in [1.29, 1.82) is 0 Å². The fraction of sp³-hybridized carbons (Fsp3) is 0.286. The van der Waals surface area contributed by atoms with Gasteiger partial charge in [0.1, 0.15) is 0 Å². The maximum atomic E-state index is 10.6. The minimum atomic E-state index is -0.312. The number of esters is 1. The van der Waals surface area contributed by atoms with Gasteiger partial charge in [0.25, 0.3) is 0 Å². The van der Waals surface area contributed by atoms with Gasteiger partial charge in [-0.15, -0.1) is 0 Å². The van der Waals surface area contributed by atoms with Crippen LogP contribution in [0.5, 0.6) is 0 Å². The molecule has 0 saturated carbocycles. The summed E-state index contributed by atoms with van der Waals surface area (Å²) in [5.41, 5.74) is 0. The van der Waals surface area contributed by atoms with Crippen molar-refractivity contribution >= 4 is 21.9 Å². The first kappa shape index (κ1) is 9.43. The second-order valence-electron chi connectivity index (χ2n) is 1.43. The van der Waals surface area contributed by atoms with Gasteiger partial charge in [0.2, 0.25) is 0 Å². The van der Waals surface area contributed by atoms with Crippen LogP contribution in [0.4, 0.5) is 0 Å². The summed E-state index contributed by atoms with van der Waals surface area (Å²) >= 11 is 3.05. The second-order valence-corrected chi connectivity index (χ2v) is 1.96. The van der Waals surface area contributed by atoms with E-state index in [1.54, 1.807) is 24.1 Å². The van der Waals surface area contributed by atoms with Crippen molar-refractivity contribution in [1.82, 2.24) is 0 Å². The summed E-state index contributed by atoms with van der Waals surface area (Å²) < 4.78 is 4.61. The Morgan fingerprint density at radius 2 is 2.30 bits per heavy atom. The fourth-order valence-corrected chi connectivity index (χ4v) is 0.543. The van der Waals surface area contributed by atoms with Crippen LogP contribution in [0.3, 0.4) is 0 Å². The summed E-state index contributed by atoms with van der Waals surface area (Å²) in [6.07, 6.45) is 4.66. The Morgan fingerprint density at radius 1 is 1.60 bits per heavy atom. The van der Waals surface area contributed by atoms with Gasteiger partial charge < -0.3 is 4.74 Å². The molecule has 0 aliphatic rings. The highest BCUT2D eigenvalue weighted by atomic mass is 79.9. The van der Waals surface area contributed by atoms with Crippen molar-refractivity contribution in [2.75, 3.05) is 6.61 Å². The van der Waals surface area contributed by atoms with Crippen molar-refractivity contribution in [3.8, 4) is 0 Å². The van der Waals surface area contributed by atoms with E-state index in [-0.39, 0.29) is 5.97 Å². The molecule has 0 bridgehead atoms. The van der Waals surface area contributed by atoms with Crippen LogP contribution in [0.1, 0.15) is 6.92 Å². The third kappa shape index (κ3) is 5.56. The molecule has 0 aromatic carbocycles. The molecule has 0 saturated heterocycles. The number of hydrogen-bond acceptors (Lipinski definition) is 2. The monoisotopic (exact) mass is 204 g/mol. The van der Waals surface area contributed by atoms with Crippen LogP contribution < -0.4 is 0 Å². The van der Waals surface area contributed by atoms with Gasteiger partial charge in [0.15, 0.2) is 0 Å². The summed E-state index contributed by atoms with van der Waals surface area (Å²) in [6.45, 7) is 2.19. The first-order valence-electron chi connectivity index (χ1n) is 2.91. The van der Waals surface area contributed by atoms with Crippen molar-refractivity contribution in [2.24, 2.45) is 0 Å². The minimum absolute atomic E-state index is 0.312. The van der Waals surface area contributed by atoms with Crippen molar-refractivity contribution in [3.63, 3.8) is 0 Å². The fourth-order valence-electron chi connectivity index (χ4n) is 0.366. The van der Waals surface area contributed by atoms with Gasteiger partial charge in [-0.25, -0.2) is 4.79 Å². The molecule has 0 radical (unpaired) electrons. The normalized spacial score (nSPS) is 11.0. The van der Waals surface area contributed by atoms with Gasteiger partial charge in [-0.1, -0.05) is 28.1 Å². The van der Waals surface area contributed by atoms with Crippen LogP contribution in [0, 0.1) is 0 Å². The van der Waals surface area contributed by atoms with Crippen LogP contribution in [0.2, 0.25) is 0 Å². The summed E-state index contributed by atoms with van der Waals surface area (Å²) in [7, 11) is 0. The lowest BCUT2D eigenvalue weighted by molar-refractivity contribution is -0.137. The van der Waals surface area contributed by atoms with Crippen LogP contribution in [-0.2, 0) is 9.53 Å². The van der Waals surface area contributed by atoms with Gasteiger partial charge in [-0.2, -0.15) is 0 Å². The number of hydrogen-bond donors (Lipinski definition) is 0. The lowest BCUT2D eigenvalue weighted by Crippen LogP contribution is -1.98. The van der Waals surface area contributed by atoms with E-state index >= 15 is 0 Å². The number of halogens is 1. The molecule has 0 aliphatic heterocycles. The smallest absolute Gasteiger partial charge is 0.330 e. The number of carbonyl (C=O) groups is 1. The standard InChI is InChI=1S/C7H9BrO2/c1-2-10-7(9)5-3-4-6-8/h3-6H,2H2,1H3/b5-3-,6-4+. The van der Waals surface area contributed by atoms with E-state index in [1.165, 1.54) is 6.08 Å². The second kappa shape index (κ2) is 6.55. The molecule has 0 aliphatic carbocycles. The maximum Gasteiger partial charge on any atom is 0.330 e. The third-order valence-electron chi connectivity index (χ3n) is 0.703. The molecular weight excluding hydrogens is 196 g/mol. The molecule has 0 aromatic heterocycles. The van der Waals surface area contributed by atoms with E-state index in [0.717, 1.165) is 0 Å². The Bertz CT molecular complexity index is 150. The zero-order chi connectivity index (χ0) is 7.82. The lowest BCUT2D eigenvalue weighted by Gasteiger charge is -1.92. The lowest BCUT2D eigenvalue weighted by atomic mass is 10.5. The molecule has 0 rings (SSSR count). The molecule has 0 heterocycles. The largest absolute Gasteiger partial charge is 0.463 e. The molecule has 0 aromatic rings. The first-order valence-corrected chi connectivity index (χ1v) is 3.83. The van der Waals surface area contributed by atoms with Gasteiger partial charge in [-0.3, -0.25) is 0 Å². The summed E-state index contributed by atoms with van der Waals surface area (Å²) in [5.74, 6) is -0.312. The van der Waals surface area contributed by atoms with Crippen LogP contribution in [0.25, 0.3) is 0 Å². The highest BCUT2D eigenvalue weighted by Crippen LogP contribution is 1.85. The van der Waals surface area contributed by atoms with Gasteiger partial charge >= 0.3 is 5.97 Å². The molecule has 3 heteroatoms. The SMILES string of the molecule is CCOC(=O)/C=C\C=C\Br. The third-order valence-corrected chi connectivity index (χ3v) is 1.01.